The molecular formula is C15H22BrN3. The topological polar surface area (TPSA) is 28.2 Å². The van der Waals surface area contributed by atoms with E-state index in [1.54, 1.807) is 0 Å². The number of piperidine rings is 1. The molecule has 2 aliphatic heterocycles. The highest BCUT2D eigenvalue weighted by Crippen LogP contribution is 2.37. The minimum atomic E-state index is 0.805. The normalized spacial score (nSPS) is 30.6. The monoisotopic (exact) mass is 323 g/mol. The van der Waals surface area contributed by atoms with Gasteiger partial charge in [-0.2, -0.15) is 0 Å². The van der Waals surface area contributed by atoms with Crippen LogP contribution in [0, 0.1) is 12.8 Å². The molecule has 104 valence electrons. The molecule has 19 heavy (non-hydrogen) atoms. The molecule has 1 aromatic rings. The van der Waals surface area contributed by atoms with Gasteiger partial charge in [-0.25, -0.2) is 4.98 Å². The van der Waals surface area contributed by atoms with Gasteiger partial charge in [0, 0.05) is 29.3 Å². The first-order valence-corrected chi connectivity index (χ1v) is 8.00. The molecule has 1 aromatic heterocycles. The third kappa shape index (κ3) is 2.79. The van der Waals surface area contributed by atoms with E-state index in [4.69, 9.17) is 0 Å². The number of rotatable bonds is 3. The van der Waals surface area contributed by atoms with Crippen molar-refractivity contribution < 1.29 is 0 Å². The van der Waals surface area contributed by atoms with Crippen LogP contribution in [0.5, 0.6) is 0 Å². The lowest BCUT2D eigenvalue weighted by Gasteiger charge is -2.36. The summed E-state index contributed by atoms with van der Waals surface area (Å²) in [7, 11) is 2.30. The van der Waals surface area contributed by atoms with Gasteiger partial charge in [0.1, 0.15) is 5.82 Å². The van der Waals surface area contributed by atoms with E-state index in [1.807, 2.05) is 6.20 Å². The number of pyridine rings is 1. The minimum Gasteiger partial charge on any atom is -0.370 e. The Morgan fingerprint density at radius 3 is 2.68 bits per heavy atom. The van der Waals surface area contributed by atoms with Crippen LogP contribution in [-0.4, -0.2) is 35.6 Å². The second-order valence-corrected chi connectivity index (χ2v) is 6.94. The second kappa shape index (κ2) is 5.41. The predicted molar refractivity (Wildman–Crippen MR) is 82.5 cm³/mol. The SMILES string of the molecule is Cc1cc(NCC2CC3CCC(C2)N3C)ncc1Br. The fraction of sp³-hybridized carbons (Fsp3) is 0.667. The summed E-state index contributed by atoms with van der Waals surface area (Å²) in [6, 6.07) is 3.77. The van der Waals surface area contributed by atoms with E-state index in [0.29, 0.717) is 0 Å². The molecule has 3 rings (SSSR count). The van der Waals surface area contributed by atoms with Gasteiger partial charge in [0.25, 0.3) is 0 Å². The molecule has 2 aliphatic rings. The van der Waals surface area contributed by atoms with Gasteiger partial charge in [-0.15, -0.1) is 0 Å². The van der Waals surface area contributed by atoms with Crippen LogP contribution in [0.15, 0.2) is 16.7 Å². The zero-order chi connectivity index (χ0) is 13.4. The summed E-state index contributed by atoms with van der Waals surface area (Å²) < 4.78 is 1.08. The van der Waals surface area contributed by atoms with Crippen molar-refractivity contribution in [3.05, 3.63) is 22.3 Å². The summed E-state index contributed by atoms with van der Waals surface area (Å²) >= 11 is 3.49. The van der Waals surface area contributed by atoms with E-state index < -0.39 is 0 Å². The van der Waals surface area contributed by atoms with Crippen LogP contribution in [0.1, 0.15) is 31.2 Å². The molecule has 2 unspecified atom stereocenters. The Labute approximate surface area is 123 Å². The Kier molecular flexibility index (Phi) is 3.81. The third-order valence-electron chi connectivity index (χ3n) is 4.81. The summed E-state index contributed by atoms with van der Waals surface area (Å²) in [5.41, 5.74) is 1.24. The van der Waals surface area contributed by atoms with Crippen molar-refractivity contribution in [3.63, 3.8) is 0 Å². The van der Waals surface area contributed by atoms with E-state index in [0.717, 1.165) is 34.8 Å². The Hall–Kier alpha value is -0.610. The summed E-state index contributed by atoms with van der Waals surface area (Å²) in [6.07, 6.45) is 7.36. The van der Waals surface area contributed by atoms with E-state index in [-0.39, 0.29) is 0 Å². The number of hydrogen-bond donors (Lipinski definition) is 1. The van der Waals surface area contributed by atoms with Crippen molar-refractivity contribution in [1.82, 2.24) is 9.88 Å². The number of halogens is 1. The van der Waals surface area contributed by atoms with Crippen LogP contribution in [0.2, 0.25) is 0 Å². The van der Waals surface area contributed by atoms with Crippen LogP contribution in [-0.2, 0) is 0 Å². The highest BCUT2D eigenvalue weighted by Gasteiger charge is 2.38. The van der Waals surface area contributed by atoms with Gasteiger partial charge in [-0.3, -0.25) is 0 Å². The van der Waals surface area contributed by atoms with Gasteiger partial charge in [0.05, 0.1) is 0 Å². The molecule has 0 amide bonds. The van der Waals surface area contributed by atoms with Crippen molar-refractivity contribution in [2.24, 2.45) is 5.92 Å². The second-order valence-electron chi connectivity index (χ2n) is 6.09. The van der Waals surface area contributed by atoms with Gasteiger partial charge in [-0.05, 0) is 73.1 Å². The Bertz CT molecular complexity index is 449. The largest absolute Gasteiger partial charge is 0.370 e. The highest BCUT2D eigenvalue weighted by molar-refractivity contribution is 9.10. The molecule has 4 heteroatoms. The van der Waals surface area contributed by atoms with Gasteiger partial charge in [-0.1, -0.05) is 0 Å². The van der Waals surface area contributed by atoms with E-state index in [2.05, 4.69) is 51.2 Å². The van der Waals surface area contributed by atoms with E-state index in [1.165, 1.54) is 31.2 Å². The molecule has 3 heterocycles. The summed E-state index contributed by atoms with van der Waals surface area (Å²) in [6.45, 7) is 3.17. The van der Waals surface area contributed by atoms with Crippen LogP contribution in [0.4, 0.5) is 5.82 Å². The van der Waals surface area contributed by atoms with Gasteiger partial charge in [0.2, 0.25) is 0 Å². The lowest BCUT2D eigenvalue weighted by Crippen LogP contribution is -2.41. The summed E-state index contributed by atoms with van der Waals surface area (Å²) in [5, 5.41) is 3.52. The van der Waals surface area contributed by atoms with Gasteiger partial charge in [0.15, 0.2) is 0 Å². The van der Waals surface area contributed by atoms with Gasteiger partial charge >= 0.3 is 0 Å². The number of aryl methyl sites for hydroxylation is 1. The molecule has 2 fully saturated rings. The first kappa shape index (κ1) is 13.4. The van der Waals surface area contributed by atoms with Crippen LogP contribution >= 0.6 is 15.9 Å². The zero-order valence-corrected chi connectivity index (χ0v) is 13.3. The molecule has 0 saturated carbocycles. The zero-order valence-electron chi connectivity index (χ0n) is 11.7. The lowest BCUT2D eigenvalue weighted by molar-refractivity contribution is 0.139. The van der Waals surface area contributed by atoms with E-state index >= 15 is 0 Å². The van der Waals surface area contributed by atoms with Crippen LogP contribution < -0.4 is 5.32 Å². The molecule has 2 bridgehead atoms. The molecule has 0 radical (unpaired) electrons. The maximum absolute atomic E-state index is 4.42. The van der Waals surface area contributed by atoms with Crippen molar-refractivity contribution in [3.8, 4) is 0 Å². The number of hydrogen-bond acceptors (Lipinski definition) is 3. The van der Waals surface area contributed by atoms with Gasteiger partial charge < -0.3 is 10.2 Å². The third-order valence-corrected chi connectivity index (χ3v) is 5.64. The molecule has 0 spiro atoms. The van der Waals surface area contributed by atoms with Crippen molar-refractivity contribution in [2.45, 2.75) is 44.7 Å². The van der Waals surface area contributed by atoms with Crippen molar-refractivity contribution in [2.75, 3.05) is 18.9 Å². The fourth-order valence-corrected chi connectivity index (χ4v) is 3.79. The number of aromatic nitrogens is 1. The first-order chi connectivity index (χ1) is 9.13. The van der Waals surface area contributed by atoms with Crippen molar-refractivity contribution in [1.29, 1.82) is 0 Å². The van der Waals surface area contributed by atoms with Crippen molar-refractivity contribution >= 4 is 21.7 Å². The average Bonchev–Trinajstić information content (AvgIpc) is 2.64. The predicted octanol–water partition coefficient (Wildman–Crippen LogP) is 3.44. The molecule has 0 aromatic carbocycles. The number of nitrogens with zero attached hydrogens (tertiary/aromatic N) is 2. The van der Waals surface area contributed by atoms with Crippen LogP contribution in [0.25, 0.3) is 0 Å². The standard InChI is InChI=1S/C15H22BrN3/c1-10-5-15(18-9-14(10)16)17-8-11-6-12-3-4-13(7-11)19(12)2/h5,9,11-13H,3-4,6-8H2,1-2H3,(H,17,18). The lowest BCUT2D eigenvalue weighted by atomic mass is 9.91. The molecule has 0 aliphatic carbocycles. The maximum atomic E-state index is 4.42. The first-order valence-electron chi connectivity index (χ1n) is 7.21. The number of nitrogens with one attached hydrogen (secondary N) is 1. The quantitative estimate of drug-likeness (QED) is 0.923. The summed E-state index contributed by atoms with van der Waals surface area (Å²) in [4.78, 5) is 7.02. The molecule has 3 nitrogen and oxygen atoms in total. The number of anilines is 1. The minimum absolute atomic E-state index is 0.805. The van der Waals surface area contributed by atoms with Crippen LogP contribution in [0.3, 0.4) is 0 Å². The Balaban J connectivity index is 1.57. The Morgan fingerprint density at radius 2 is 2.05 bits per heavy atom. The smallest absolute Gasteiger partial charge is 0.126 e. The number of fused-ring (bicyclic) bond motifs is 2. The molecule has 2 atom stereocenters. The molecular weight excluding hydrogens is 302 g/mol. The average molecular weight is 324 g/mol. The fourth-order valence-electron chi connectivity index (χ4n) is 3.58. The highest BCUT2D eigenvalue weighted by atomic mass is 79.9. The Morgan fingerprint density at radius 1 is 1.37 bits per heavy atom. The maximum Gasteiger partial charge on any atom is 0.126 e. The summed E-state index contributed by atoms with van der Waals surface area (Å²) in [5.74, 6) is 1.81. The van der Waals surface area contributed by atoms with E-state index in [9.17, 15) is 0 Å². The molecule has 1 N–H and O–H groups in total. The molecule has 2 saturated heterocycles.